The number of benzene rings is 2. The molecule has 9 heteroatoms. The van der Waals surface area contributed by atoms with Gasteiger partial charge in [0.1, 0.15) is 17.2 Å². The molecule has 2 aromatic carbocycles. The Balaban J connectivity index is 1.77. The predicted molar refractivity (Wildman–Crippen MR) is 113 cm³/mol. The van der Waals surface area contributed by atoms with Gasteiger partial charge in [-0.1, -0.05) is 13.0 Å². The Labute approximate surface area is 180 Å². The van der Waals surface area contributed by atoms with E-state index in [1.807, 2.05) is 19.1 Å². The average Bonchev–Trinajstić information content (AvgIpc) is 3.14. The Morgan fingerprint density at radius 2 is 1.77 bits per heavy atom. The van der Waals surface area contributed by atoms with Gasteiger partial charge in [-0.25, -0.2) is 8.42 Å². The number of aryl methyl sites for hydroxylation is 1. The van der Waals surface area contributed by atoms with E-state index < -0.39 is 9.84 Å². The standard InChI is InChI=1S/C22H20N4O4S/c1-3-20-22(30-18-10-15(13-23)9-16(11-18)14-24)21(26-25-20)7-8-29-17-5-4-6-19(12-17)31(2,27)28/h4-6,9-12H,3,7-8H2,1-2H3,(H,25,26). The minimum absolute atomic E-state index is 0.189. The van der Waals surface area contributed by atoms with Crippen LogP contribution in [0.5, 0.6) is 17.2 Å². The second-order valence-corrected chi connectivity index (χ2v) is 8.76. The summed E-state index contributed by atoms with van der Waals surface area (Å²) in [4.78, 5) is 0.189. The number of aromatic nitrogens is 2. The fraction of sp³-hybridized carbons (Fsp3) is 0.227. The van der Waals surface area contributed by atoms with Crippen molar-refractivity contribution in [2.75, 3.05) is 12.9 Å². The van der Waals surface area contributed by atoms with E-state index in [4.69, 9.17) is 20.0 Å². The molecule has 0 spiro atoms. The minimum atomic E-state index is -3.32. The highest BCUT2D eigenvalue weighted by Crippen LogP contribution is 2.30. The van der Waals surface area contributed by atoms with Crippen LogP contribution in [0, 0.1) is 22.7 Å². The van der Waals surface area contributed by atoms with Crippen molar-refractivity contribution in [3.63, 3.8) is 0 Å². The molecule has 8 nitrogen and oxygen atoms in total. The molecular formula is C22H20N4O4S. The molecular weight excluding hydrogens is 416 g/mol. The van der Waals surface area contributed by atoms with Crippen molar-refractivity contribution in [1.29, 1.82) is 10.5 Å². The largest absolute Gasteiger partial charge is 0.493 e. The van der Waals surface area contributed by atoms with Crippen LogP contribution in [0.3, 0.4) is 0 Å². The van der Waals surface area contributed by atoms with Crippen LogP contribution < -0.4 is 9.47 Å². The van der Waals surface area contributed by atoms with E-state index in [1.54, 1.807) is 24.3 Å². The number of ether oxygens (including phenoxy) is 2. The number of H-pyrrole nitrogens is 1. The van der Waals surface area contributed by atoms with Crippen LogP contribution in [0.25, 0.3) is 0 Å². The average molecular weight is 436 g/mol. The molecule has 0 aliphatic carbocycles. The van der Waals surface area contributed by atoms with Gasteiger partial charge in [-0.05, 0) is 42.8 Å². The third-order valence-electron chi connectivity index (χ3n) is 4.44. The van der Waals surface area contributed by atoms with Gasteiger partial charge in [-0.15, -0.1) is 0 Å². The molecule has 3 aromatic rings. The first-order valence-corrected chi connectivity index (χ1v) is 11.4. The van der Waals surface area contributed by atoms with Crippen LogP contribution in [0.2, 0.25) is 0 Å². The van der Waals surface area contributed by atoms with Crippen LogP contribution in [0.15, 0.2) is 47.4 Å². The smallest absolute Gasteiger partial charge is 0.175 e. The highest BCUT2D eigenvalue weighted by molar-refractivity contribution is 7.90. The van der Waals surface area contributed by atoms with Gasteiger partial charge in [0.2, 0.25) is 0 Å². The molecule has 1 aromatic heterocycles. The summed E-state index contributed by atoms with van der Waals surface area (Å²) in [6, 6.07) is 14.9. The summed E-state index contributed by atoms with van der Waals surface area (Å²) in [5.74, 6) is 1.34. The number of nitriles is 2. The normalized spacial score (nSPS) is 10.8. The van der Waals surface area contributed by atoms with Crippen molar-refractivity contribution in [2.24, 2.45) is 0 Å². The molecule has 0 aliphatic rings. The molecule has 158 valence electrons. The Kier molecular flexibility index (Phi) is 6.58. The van der Waals surface area contributed by atoms with Gasteiger partial charge in [-0.2, -0.15) is 15.6 Å². The van der Waals surface area contributed by atoms with Crippen molar-refractivity contribution >= 4 is 9.84 Å². The van der Waals surface area contributed by atoms with Gasteiger partial charge >= 0.3 is 0 Å². The zero-order chi connectivity index (χ0) is 22.4. The number of aromatic amines is 1. The minimum Gasteiger partial charge on any atom is -0.493 e. The molecule has 0 atom stereocenters. The first kappa shape index (κ1) is 21.9. The number of hydrogen-bond donors (Lipinski definition) is 1. The number of rotatable bonds is 8. The predicted octanol–water partition coefficient (Wildman–Crippen LogP) is 3.53. The van der Waals surface area contributed by atoms with E-state index in [9.17, 15) is 8.42 Å². The molecule has 0 unspecified atom stereocenters. The maximum absolute atomic E-state index is 11.7. The molecule has 31 heavy (non-hydrogen) atoms. The molecule has 0 saturated heterocycles. The zero-order valence-electron chi connectivity index (χ0n) is 17.0. The monoisotopic (exact) mass is 436 g/mol. The molecule has 0 radical (unpaired) electrons. The molecule has 3 rings (SSSR count). The van der Waals surface area contributed by atoms with Crippen LogP contribution in [-0.2, 0) is 22.7 Å². The fourth-order valence-corrected chi connectivity index (χ4v) is 3.57. The van der Waals surface area contributed by atoms with Crippen molar-refractivity contribution in [2.45, 2.75) is 24.7 Å². The molecule has 0 amide bonds. The second-order valence-electron chi connectivity index (χ2n) is 6.75. The molecule has 0 saturated carbocycles. The quantitative estimate of drug-likeness (QED) is 0.572. The van der Waals surface area contributed by atoms with Gasteiger partial charge in [0.05, 0.1) is 40.5 Å². The SMILES string of the molecule is CCc1n[nH]c(CCOc2cccc(S(C)(=O)=O)c2)c1Oc1cc(C#N)cc(C#N)c1. The fourth-order valence-electron chi connectivity index (χ4n) is 2.91. The molecule has 1 N–H and O–H groups in total. The zero-order valence-corrected chi connectivity index (χ0v) is 17.9. The van der Waals surface area contributed by atoms with Crippen molar-refractivity contribution < 1.29 is 17.9 Å². The van der Waals surface area contributed by atoms with Crippen LogP contribution in [0.1, 0.15) is 29.4 Å². The second kappa shape index (κ2) is 9.33. The van der Waals surface area contributed by atoms with E-state index in [0.717, 1.165) is 6.26 Å². The first-order valence-electron chi connectivity index (χ1n) is 9.46. The lowest BCUT2D eigenvalue weighted by Crippen LogP contribution is -2.04. The lowest BCUT2D eigenvalue weighted by atomic mass is 10.1. The third kappa shape index (κ3) is 5.41. The van der Waals surface area contributed by atoms with Crippen molar-refractivity contribution in [3.05, 3.63) is 65.0 Å². The van der Waals surface area contributed by atoms with Crippen molar-refractivity contribution in [1.82, 2.24) is 10.2 Å². The van der Waals surface area contributed by atoms with Gasteiger partial charge in [0.25, 0.3) is 0 Å². The third-order valence-corrected chi connectivity index (χ3v) is 5.55. The summed E-state index contributed by atoms with van der Waals surface area (Å²) in [7, 11) is -3.32. The Morgan fingerprint density at radius 1 is 1.06 bits per heavy atom. The van der Waals surface area contributed by atoms with E-state index in [2.05, 4.69) is 10.2 Å². The summed E-state index contributed by atoms with van der Waals surface area (Å²) in [6.45, 7) is 2.20. The van der Waals surface area contributed by atoms with E-state index in [1.165, 1.54) is 18.2 Å². The van der Waals surface area contributed by atoms with Gasteiger partial charge in [0, 0.05) is 12.7 Å². The number of sulfone groups is 1. The maximum atomic E-state index is 11.7. The molecule has 1 heterocycles. The Hall–Kier alpha value is -3.82. The first-order chi connectivity index (χ1) is 14.8. The number of nitrogens with zero attached hydrogens (tertiary/aromatic N) is 3. The molecule has 0 aliphatic heterocycles. The Bertz CT molecular complexity index is 1250. The highest BCUT2D eigenvalue weighted by atomic mass is 32.2. The molecule has 0 bridgehead atoms. The van der Waals surface area contributed by atoms with Gasteiger partial charge in [-0.3, -0.25) is 5.10 Å². The van der Waals surface area contributed by atoms with Crippen LogP contribution >= 0.6 is 0 Å². The number of nitrogens with one attached hydrogen (secondary N) is 1. The van der Waals surface area contributed by atoms with E-state index in [-0.39, 0.29) is 11.5 Å². The van der Waals surface area contributed by atoms with E-state index >= 15 is 0 Å². The van der Waals surface area contributed by atoms with Crippen LogP contribution in [-0.4, -0.2) is 31.5 Å². The molecule has 0 fully saturated rings. The van der Waals surface area contributed by atoms with Crippen LogP contribution in [0.4, 0.5) is 0 Å². The lowest BCUT2D eigenvalue weighted by Gasteiger charge is -2.10. The van der Waals surface area contributed by atoms with E-state index in [0.29, 0.717) is 52.6 Å². The number of hydrogen-bond acceptors (Lipinski definition) is 7. The summed E-state index contributed by atoms with van der Waals surface area (Å²) in [5.41, 5.74) is 2.05. The summed E-state index contributed by atoms with van der Waals surface area (Å²) >= 11 is 0. The highest BCUT2D eigenvalue weighted by Gasteiger charge is 2.16. The van der Waals surface area contributed by atoms with Crippen molar-refractivity contribution in [3.8, 4) is 29.4 Å². The summed E-state index contributed by atoms with van der Waals surface area (Å²) < 4.78 is 35.1. The lowest BCUT2D eigenvalue weighted by molar-refractivity contribution is 0.317. The summed E-state index contributed by atoms with van der Waals surface area (Å²) in [6.07, 6.45) is 2.19. The topological polar surface area (TPSA) is 129 Å². The van der Waals surface area contributed by atoms with Gasteiger partial charge < -0.3 is 9.47 Å². The maximum Gasteiger partial charge on any atom is 0.175 e. The van der Waals surface area contributed by atoms with Gasteiger partial charge in [0.15, 0.2) is 15.6 Å². The summed E-state index contributed by atoms with van der Waals surface area (Å²) in [5, 5.41) is 25.6. The Morgan fingerprint density at radius 3 is 2.39 bits per heavy atom.